The molecule has 0 saturated carbocycles. The minimum absolute atomic E-state index is 0.552. The van der Waals surface area contributed by atoms with Gasteiger partial charge in [0.05, 0.1) is 12.0 Å². The van der Waals surface area contributed by atoms with Gasteiger partial charge in [-0.3, -0.25) is 0 Å². The van der Waals surface area contributed by atoms with Gasteiger partial charge in [0.15, 0.2) is 23.2 Å². The lowest BCUT2D eigenvalue weighted by atomic mass is 9.61. The third-order valence-corrected chi connectivity index (χ3v) is 13.8. The van der Waals surface area contributed by atoms with Crippen LogP contribution in [0.3, 0.4) is 0 Å². The van der Waals surface area contributed by atoms with Crippen LogP contribution in [0.5, 0.6) is 0 Å². The number of hydrogen-bond donors (Lipinski definition) is 0. The molecule has 4 heteroatoms. The summed E-state index contributed by atoms with van der Waals surface area (Å²) in [7, 11) is 0. The fourth-order valence-corrected chi connectivity index (χ4v) is 10.7. The summed E-state index contributed by atoms with van der Waals surface area (Å²) in [6.45, 7) is 7.37. The van der Waals surface area contributed by atoms with Crippen molar-refractivity contribution in [2.75, 3.05) is 0 Å². The van der Waals surface area contributed by atoms with Crippen LogP contribution < -0.4 is 0 Å². The van der Waals surface area contributed by atoms with E-state index < -0.39 is 5.41 Å². The topological polar surface area (TPSA) is 43.0 Å². The maximum Gasteiger partial charge on any atom is 0.187 e. The van der Waals surface area contributed by atoms with E-state index in [1.54, 1.807) is 0 Å². The highest BCUT2D eigenvalue weighted by atomic mass is 15.0. The van der Waals surface area contributed by atoms with Gasteiger partial charge < -0.3 is 0 Å². The first-order valence-corrected chi connectivity index (χ1v) is 22.6. The van der Waals surface area contributed by atoms with Crippen LogP contribution in [0.15, 0.2) is 231 Å². The predicted octanol–water partition coefficient (Wildman–Crippen LogP) is 15.9. The van der Waals surface area contributed by atoms with E-state index in [1.165, 1.54) is 66.4 Å². The molecule has 10 aromatic carbocycles. The van der Waals surface area contributed by atoms with Gasteiger partial charge >= 0.3 is 0 Å². The van der Waals surface area contributed by atoms with Crippen molar-refractivity contribution in [3.8, 4) is 89.8 Å². The molecule has 1 heterocycles. The van der Waals surface area contributed by atoms with Gasteiger partial charge in [-0.05, 0) is 94.7 Å². The number of nitrogens with zero attached hydrogens (tertiary/aromatic N) is 4. The minimum Gasteiger partial charge on any atom is -0.238 e. The Morgan fingerprint density at radius 2 is 0.716 bits per heavy atom. The molecule has 2 aliphatic rings. The average molecular weight is 851 g/mol. The summed E-state index contributed by atoms with van der Waals surface area (Å²) in [4.78, 5) is 18.5. The molecule has 2 aliphatic carbocycles. The van der Waals surface area contributed by atoms with Crippen LogP contribution >= 0.6 is 0 Å². The van der Waals surface area contributed by atoms with Crippen molar-refractivity contribution in [2.24, 2.45) is 0 Å². The molecule has 0 aliphatic heterocycles. The summed E-state index contributed by atoms with van der Waals surface area (Å²) < 4.78 is 0. The Kier molecular flexibility index (Phi) is 8.78. The Morgan fingerprint density at radius 3 is 1.30 bits per heavy atom. The highest BCUT2D eigenvalue weighted by Gasteiger charge is 2.50. The smallest absolute Gasteiger partial charge is 0.187 e. The van der Waals surface area contributed by atoms with Crippen LogP contribution in [-0.4, -0.2) is 15.0 Å². The zero-order chi connectivity index (χ0) is 44.5. The summed E-state index contributed by atoms with van der Waals surface area (Å²) >= 11 is 0. The Bertz CT molecular complexity index is 3670. The molecule has 1 aromatic heterocycles. The maximum absolute atomic E-state index is 7.37. The molecule has 310 valence electrons. The molecule has 0 unspecified atom stereocenters. The second-order valence-electron chi connectivity index (χ2n) is 17.3. The molecule has 0 N–H and O–H groups in total. The Balaban J connectivity index is 0.966. The highest BCUT2D eigenvalue weighted by molar-refractivity contribution is 6.12. The summed E-state index contributed by atoms with van der Waals surface area (Å²) in [6, 6.07) is 82.3. The van der Waals surface area contributed by atoms with Crippen LogP contribution in [-0.2, 0) is 5.41 Å². The van der Waals surface area contributed by atoms with Gasteiger partial charge in [0.25, 0.3) is 0 Å². The molecule has 4 nitrogen and oxygen atoms in total. The zero-order valence-electron chi connectivity index (χ0n) is 36.2. The van der Waals surface area contributed by atoms with E-state index in [1.807, 2.05) is 84.9 Å². The standard InChI is InChI=1S/C63H38N4/c1-64-48-34-31-41(32-35-48)40-23-25-42(26-24-40)47-33-36-52-54-38-37-49(43-27-29-46(30-28-43)62-66-60(44-13-4-2-5-14-44)65-61(67-62)45-15-6-3-7-16-45)53-19-12-22-57(59(53)54)63(58(52)39-47)55-20-10-8-17-50(55)51-18-9-11-21-56(51)63/h2-39H. The van der Waals surface area contributed by atoms with Crippen LogP contribution in [0.25, 0.3) is 105 Å². The van der Waals surface area contributed by atoms with E-state index in [2.05, 4.69) is 150 Å². The zero-order valence-corrected chi connectivity index (χ0v) is 36.2. The van der Waals surface area contributed by atoms with Crippen LogP contribution in [0, 0.1) is 6.57 Å². The average Bonchev–Trinajstić information content (AvgIpc) is 3.71. The largest absolute Gasteiger partial charge is 0.238 e. The summed E-state index contributed by atoms with van der Waals surface area (Å²) in [6.07, 6.45) is 0. The van der Waals surface area contributed by atoms with Crippen molar-refractivity contribution in [3.05, 3.63) is 264 Å². The van der Waals surface area contributed by atoms with Crippen molar-refractivity contribution in [2.45, 2.75) is 5.41 Å². The minimum atomic E-state index is -0.552. The van der Waals surface area contributed by atoms with Crippen molar-refractivity contribution >= 4 is 16.5 Å². The second-order valence-corrected chi connectivity index (χ2v) is 17.3. The first-order chi connectivity index (χ1) is 33.2. The lowest BCUT2D eigenvalue weighted by Crippen LogP contribution is -2.32. The van der Waals surface area contributed by atoms with Crippen molar-refractivity contribution < 1.29 is 0 Å². The van der Waals surface area contributed by atoms with E-state index in [9.17, 15) is 0 Å². The number of fused-ring (bicyclic) bond motifs is 9. The summed E-state index contributed by atoms with van der Waals surface area (Å²) in [5.41, 5.74) is 20.0. The lowest BCUT2D eigenvalue weighted by Gasteiger charge is -2.40. The number of benzene rings is 10. The first kappa shape index (κ1) is 38.4. The molecule has 67 heavy (non-hydrogen) atoms. The molecule has 13 rings (SSSR count). The molecule has 0 saturated heterocycles. The van der Waals surface area contributed by atoms with Crippen molar-refractivity contribution in [1.82, 2.24) is 15.0 Å². The fraction of sp³-hybridized carbons (Fsp3) is 0.0159. The Labute approximate surface area is 389 Å². The van der Waals surface area contributed by atoms with Gasteiger partial charge in [-0.1, -0.05) is 224 Å². The van der Waals surface area contributed by atoms with Crippen LogP contribution in [0.2, 0.25) is 0 Å². The normalized spacial score (nSPS) is 12.6. The van der Waals surface area contributed by atoms with Crippen LogP contribution in [0.1, 0.15) is 22.3 Å². The predicted molar refractivity (Wildman–Crippen MR) is 273 cm³/mol. The number of rotatable bonds is 6. The molecule has 0 radical (unpaired) electrons. The van der Waals surface area contributed by atoms with Gasteiger partial charge in [0.2, 0.25) is 0 Å². The molecule has 0 amide bonds. The summed E-state index contributed by atoms with van der Waals surface area (Å²) in [5, 5.41) is 2.50. The maximum atomic E-state index is 7.37. The van der Waals surface area contributed by atoms with E-state index in [-0.39, 0.29) is 0 Å². The van der Waals surface area contributed by atoms with E-state index in [4.69, 9.17) is 21.5 Å². The van der Waals surface area contributed by atoms with Crippen LogP contribution in [0.4, 0.5) is 5.69 Å². The monoisotopic (exact) mass is 850 g/mol. The molecular weight excluding hydrogens is 813 g/mol. The van der Waals surface area contributed by atoms with Gasteiger partial charge in [0.1, 0.15) is 0 Å². The first-order valence-electron chi connectivity index (χ1n) is 22.6. The lowest BCUT2D eigenvalue weighted by molar-refractivity contribution is 0.774. The van der Waals surface area contributed by atoms with Gasteiger partial charge in [-0.2, -0.15) is 0 Å². The van der Waals surface area contributed by atoms with Gasteiger partial charge in [-0.25, -0.2) is 19.8 Å². The molecule has 0 bridgehead atoms. The highest BCUT2D eigenvalue weighted by Crippen LogP contribution is 2.62. The van der Waals surface area contributed by atoms with Crippen molar-refractivity contribution in [1.29, 1.82) is 0 Å². The molecule has 0 fully saturated rings. The molecule has 1 spiro atoms. The van der Waals surface area contributed by atoms with E-state index in [0.29, 0.717) is 23.2 Å². The molecule has 11 aromatic rings. The summed E-state index contributed by atoms with van der Waals surface area (Å²) in [5.74, 6) is 1.93. The molecule has 0 atom stereocenters. The second kappa shape index (κ2) is 15.3. The Morgan fingerprint density at radius 1 is 0.299 bits per heavy atom. The Hall–Kier alpha value is -9.04. The SMILES string of the molecule is [C-]#[N+]c1ccc(-c2ccc(-c3ccc4c(c3)C3(c5ccccc5-c5ccccc53)c3cccc5c(-c6ccc(-c7nc(-c8ccccc8)nc(-c8ccccc8)n7)cc6)ccc-4c35)cc2)cc1. The molecular formula is C63H38N4. The van der Waals surface area contributed by atoms with Gasteiger partial charge in [-0.15, -0.1) is 0 Å². The fourth-order valence-electron chi connectivity index (χ4n) is 10.7. The van der Waals surface area contributed by atoms with Crippen molar-refractivity contribution in [3.63, 3.8) is 0 Å². The quantitative estimate of drug-likeness (QED) is 0.157. The van der Waals surface area contributed by atoms with E-state index in [0.717, 1.165) is 38.9 Å². The third kappa shape index (κ3) is 6.03. The number of hydrogen-bond acceptors (Lipinski definition) is 3. The number of aromatic nitrogens is 3. The third-order valence-electron chi connectivity index (χ3n) is 13.8. The van der Waals surface area contributed by atoms with Gasteiger partial charge in [0, 0.05) is 16.7 Å². The van der Waals surface area contributed by atoms with E-state index >= 15 is 0 Å².